The summed E-state index contributed by atoms with van der Waals surface area (Å²) < 4.78 is 0. The Hall–Kier alpha value is -0.770. The molecule has 4 nitrogen and oxygen atoms in total. The summed E-state index contributed by atoms with van der Waals surface area (Å²) in [7, 11) is 2.02. The van der Waals surface area contributed by atoms with Crippen LogP contribution in [0.2, 0.25) is 0 Å². The van der Waals surface area contributed by atoms with Gasteiger partial charge in [-0.2, -0.15) is 0 Å². The summed E-state index contributed by atoms with van der Waals surface area (Å²) in [4.78, 5) is 6.93. The molecule has 0 aromatic carbocycles. The number of hydrogen-bond acceptors (Lipinski definition) is 4. The van der Waals surface area contributed by atoms with Crippen molar-refractivity contribution in [2.24, 2.45) is 4.99 Å². The molecule has 2 N–H and O–H groups in total. The largest absolute Gasteiger partial charge is 0.354 e. The maximum absolute atomic E-state index is 4.50. The molecule has 4 heteroatoms. The Morgan fingerprint density at radius 3 is 3.21 bits per heavy atom. The zero-order chi connectivity index (χ0) is 9.80. The van der Waals surface area contributed by atoms with Gasteiger partial charge < -0.3 is 15.5 Å². The highest BCUT2D eigenvalue weighted by atomic mass is 15.3. The van der Waals surface area contributed by atoms with Gasteiger partial charge in [-0.05, 0) is 26.3 Å². The molecule has 2 aliphatic rings. The molecule has 14 heavy (non-hydrogen) atoms. The highest BCUT2D eigenvalue weighted by Crippen LogP contribution is 2.17. The molecule has 1 atom stereocenters. The normalized spacial score (nSPS) is 27.4. The monoisotopic (exact) mass is 196 g/mol. The van der Waals surface area contributed by atoms with Crippen LogP contribution >= 0.6 is 0 Å². The molecule has 1 unspecified atom stereocenters. The molecule has 0 aromatic rings. The number of nitrogens with zero attached hydrogens (tertiary/aromatic N) is 2. The molecule has 80 valence electrons. The first-order valence-electron chi connectivity index (χ1n) is 5.61. The van der Waals surface area contributed by atoms with Crippen molar-refractivity contribution < 1.29 is 0 Å². The van der Waals surface area contributed by atoms with Gasteiger partial charge in [-0.3, -0.25) is 4.99 Å². The first-order chi connectivity index (χ1) is 6.92. The second-order valence-corrected chi connectivity index (χ2v) is 4.03. The molecule has 0 radical (unpaired) electrons. The summed E-state index contributed by atoms with van der Waals surface area (Å²) in [6, 6.07) is 0.637. The maximum atomic E-state index is 4.50. The minimum absolute atomic E-state index is 0.637. The molecule has 2 heterocycles. The van der Waals surface area contributed by atoms with Crippen molar-refractivity contribution in [1.29, 1.82) is 0 Å². The Labute approximate surface area is 85.8 Å². The van der Waals surface area contributed by atoms with Crippen LogP contribution in [0.5, 0.6) is 0 Å². The van der Waals surface area contributed by atoms with E-state index in [9.17, 15) is 0 Å². The summed E-state index contributed by atoms with van der Waals surface area (Å²) in [5.41, 5.74) is 0. The standard InChI is InChI=1S/C10H20N4/c1-11-8-9-4-2-3-7-14(9)10-12-5-6-13-10/h9,11H,2-8H2,1H3,(H,12,13). The fourth-order valence-corrected chi connectivity index (χ4v) is 2.31. The van der Waals surface area contributed by atoms with E-state index in [0.29, 0.717) is 6.04 Å². The third-order valence-corrected chi connectivity index (χ3v) is 3.00. The van der Waals surface area contributed by atoms with Crippen LogP contribution in [-0.4, -0.2) is 50.1 Å². The van der Waals surface area contributed by atoms with Crippen molar-refractivity contribution in [2.45, 2.75) is 25.3 Å². The van der Waals surface area contributed by atoms with Crippen molar-refractivity contribution in [3.63, 3.8) is 0 Å². The Kier molecular flexibility index (Phi) is 3.24. The third-order valence-electron chi connectivity index (χ3n) is 3.00. The number of nitrogens with one attached hydrogen (secondary N) is 2. The van der Waals surface area contributed by atoms with Crippen LogP contribution in [0, 0.1) is 0 Å². The number of aliphatic imine (C=N–C) groups is 1. The SMILES string of the molecule is CNCC1CCCCN1C1=NCCN1. The van der Waals surface area contributed by atoms with Crippen molar-refractivity contribution in [2.75, 3.05) is 33.2 Å². The quantitative estimate of drug-likeness (QED) is 0.654. The van der Waals surface area contributed by atoms with Crippen LogP contribution in [0.15, 0.2) is 4.99 Å². The van der Waals surface area contributed by atoms with Gasteiger partial charge in [0.1, 0.15) is 0 Å². The second kappa shape index (κ2) is 4.64. The zero-order valence-corrected chi connectivity index (χ0v) is 8.92. The minimum Gasteiger partial charge on any atom is -0.354 e. The van der Waals surface area contributed by atoms with E-state index in [-0.39, 0.29) is 0 Å². The van der Waals surface area contributed by atoms with Gasteiger partial charge in [-0.25, -0.2) is 0 Å². The van der Waals surface area contributed by atoms with Crippen LogP contribution in [0.1, 0.15) is 19.3 Å². The highest BCUT2D eigenvalue weighted by Gasteiger charge is 2.25. The van der Waals surface area contributed by atoms with Crippen LogP contribution in [0.3, 0.4) is 0 Å². The predicted octanol–water partition coefficient (Wildman–Crippen LogP) is 0.0195. The van der Waals surface area contributed by atoms with E-state index in [1.807, 2.05) is 7.05 Å². The number of guanidine groups is 1. The lowest BCUT2D eigenvalue weighted by Crippen LogP contribution is -2.51. The first-order valence-corrected chi connectivity index (χ1v) is 5.61. The van der Waals surface area contributed by atoms with Gasteiger partial charge in [0, 0.05) is 25.7 Å². The lowest BCUT2D eigenvalue weighted by Gasteiger charge is -2.36. The number of piperidine rings is 1. The van der Waals surface area contributed by atoms with E-state index in [4.69, 9.17) is 0 Å². The second-order valence-electron chi connectivity index (χ2n) is 4.03. The lowest BCUT2D eigenvalue weighted by atomic mass is 10.0. The fourth-order valence-electron chi connectivity index (χ4n) is 2.31. The van der Waals surface area contributed by atoms with E-state index in [2.05, 4.69) is 20.5 Å². The van der Waals surface area contributed by atoms with Crippen LogP contribution < -0.4 is 10.6 Å². The van der Waals surface area contributed by atoms with Crippen molar-refractivity contribution in [3.05, 3.63) is 0 Å². The van der Waals surface area contributed by atoms with Gasteiger partial charge in [0.05, 0.1) is 6.54 Å². The summed E-state index contributed by atoms with van der Waals surface area (Å²) >= 11 is 0. The fraction of sp³-hybridized carbons (Fsp3) is 0.900. The minimum atomic E-state index is 0.637. The molecule has 0 aliphatic carbocycles. The van der Waals surface area contributed by atoms with E-state index in [1.54, 1.807) is 0 Å². The maximum Gasteiger partial charge on any atom is 0.194 e. The summed E-state index contributed by atoms with van der Waals surface area (Å²) in [5.74, 6) is 1.13. The molecule has 1 fully saturated rings. The van der Waals surface area contributed by atoms with E-state index in [1.165, 1.54) is 19.3 Å². The average Bonchev–Trinajstić information content (AvgIpc) is 2.72. The first kappa shape index (κ1) is 9.77. The molecule has 0 spiro atoms. The van der Waals surface area contributed by atoms with Crippen molar-refractivity contribution in [1.82, 2.24) is 15.5 Å². The van der Waals surface area contributed by atoms with E-state index in [0.717, 1.165) is 32.1 Å². The van der Waals surface area contributed by atoms with Crippen LogP contribution in [-0.2, 0) is 0 Å². The van der Waals surface area contributed by atoms with Gasteiger partial charge in [-0.15, -0.1) is 0 Å². The topological polar surface area (TPSA) is 39.7 Å². The van der Waals surface area contributed by atoms with Crippen molar-refractivity contribution >= 4 is 5.96 Å². The van der Waals surface area contributed by atoms with Crippen molar-refractivity contribution in [3.8, 4) is 0 Å². The summed E-state index contributed by atoms with van der Waals surface area (Å²) in [6.45, 7) is 4.19. The number of rotatable bonds is 2. The number of hydrogen-bond donors (Lipinski definition) is 2. The molecule has 0 saturated carbocycles. The number of likely N-dealkylation sites (N-methyl/N-ethyl adjacent to an activating group) is 1. The Balaban J connectivity index is 1.98. The molecule has 0 amide bonds. The Morgan fingerprint density at radius 1 is 1.57 bits per heavy atom. The summed E-state index contributed by atoms with van der Waals surface area (Å²) in [5, 5.41) is 6.63. The Bertz CT molecular complexity index is 212. The average molecular weight is 196 g/mol. The van der Waals surface area contributed by atoms with Gasteiger partial charge in [-0.1, -0.05) is 0 Å². The molecule has 1 saturated heterocycles. The predicted molar refractivity (Wildman–Crippen MR) is 58.6 cm³/mol. The van der Waals surface area contributed by atoms with E-state index < -0.39 is 0 Å². The van der Waals surface area contributed by atoms with Crippen LogP contribution in [0.25, 0.3) is 0 Å². The molecular formula is C10H20N4. The zero-order valence-electron chi connectivity index (χ0n) is 8.92. The van der Waals surface area contributed by atoms with Gasteiger partial charge in [0.2, 0.25) is 0 Å². The molecule has 0 aromatic heterocycles. The molecule has 2 aliphatic heterocycles. The smallest absolute Gasteiger partial charge is 0.194 e. The van der Waals surface area contributed by atoms with E-state index >= 15 is 0 Å². The molecule has 0 bridgehead atoms. The molecule has 2 rings (SSSR count). The third kappa shape index (κ3) is 2.00. The number of likely N-dealkylation sites (tertiary alicyclic amines) is 1. The Morgan fingerprint density at radius 2 is 2.50 bits per heavy atom. The highest BCUT2D eigenvalue weighted by molar-refractivity contribution is 5.81. The van der Waals surface area contributed by atoms with Gasteiger partial charge in [0.25, 0.3) is 0 Å². The summed E-state index contributed by atoms with van der Waals surface area (Å²) in [6.07, 6.45) is 3.96. The molecular weight excluding hydrogens is 176 g/mol. The van der Waals surface area contributed by atoms with Gasteiger partial charge >= 0.3 is 0 Å². The lowest BCUT2D eigenvalue weighted by molar-refractivity contribution is 0.233. The van der Waals surface area contributed by atoms with Gasteiger partial charge in [0.15, 0.2) is 5.96 Å². The van der Waals surface area contributed by atoms with Crippen LogP contribution in [0.4, 0.5) is 0 Å².